The predicted molar refractivity (Wildman–Crippen MR) is 157 cm³/mol. The number of rotatable bonds is 10. The number of carbonyl (C=O) groups excluding carboxylic acids is 2. The smallest absolute Gasteiger partial charge is 0.264 e. The average molecular weight is 631 g/mol. The Morgan fingerprint density at radius 3 is 2.20 bits per heavy atom. The van der Waals surface area contributed by atoms with E-state index < -0.39 is 34.3 Å². The number of benzene rings is 3. The van der Waals surface area contributed by atoms with Gasteiger partial charge in [0.25, 0.3) is 10.0 Å². The Hall–Kier alpha value is -3.24. The molecule has 3 aromatic carbocycles. The van der Waals surface area contributed by atoms with Gasteiger partial charge in [0.1, 0.15) is 18.4 Å². The first-order valence-electron chi connectivity index (χ1n) is 13.3. The average Bonchev–Trinajstić information content (AvgIpc) is 2.96. The first kappa shape index (κ1) is 29.7. The molecular formula is C30H33BrFN3O4S. The summed E-state index contributed by atoms with van der Waals surface area (Å²) in [4.78, 5) is 28.6. The summed E-state index contributed by atoms with van der Waals surface area (Å²) in [5.41, 5.74) is 0.926. The summed E-state index contributed by atoms with van der Waals surface area (Å²) in [7, 11) is -4.12. The number of hydrogen-bond donors (Lipinski definition) is 1. The van der Waals surface area contributed by atoms with E-state index in [1.165, 1.54) is 29.2 Å². The molecule has 3 aromatic rings. The van der Waals surface area contributed by atoms with Crippen LogP contribution < -0.4 is 9.62 Å². The van der Waals surface area contributed by atoms with Crippen LogP contribution in [0.5, 0.6) is 0 Å². The van der Waals surface area contributed by atoms with Crippen LogP contribution in [0.25, 0.3) is 0 Å². The van der Waals surface area contributed by atoms with Crippen LogP contribution in [-0.2, 0) is 26.2 Å². The van der Waals surface area contributed by atoms with Crippen molar-refractivity contribution in [2.24, 2.45) is 0 Å². The van der Waals surface area contributed by atoms with Gasteiger partial charge in [0, 0.05) is 17.1 Å². The second-order valence-corrected chi connectivity index (χ2v) is 12.7. The molecule has 0 aliphatic heterocycles. The van der Waals surface area contributed by atoms with Crippen molar-refractivity contribution in [3.05, 3.63) is 94.7 Å². The molecule has 0 unspecified atom stereocenters. The molecule has 40 heavy (non-hydrogen) atoms. The van der Waals surface area contributed by atoms with Crippen LogP contribution in [0.1, 0.15) is 44.6 Å². The fourth-order valence-corrected chi connectivity index (χ4v) is 6.49. The Labute approximate surface area is 243 Å². The van der Waals surface area contributed by atoms with E-state index in [1.807, 2.05) is 0 Å². The maximum absolute atomic E-state index is 13.9. The first-order chi connectivity index (χ1) is 19.1. The first-order valence-corrected chi connectivity index (χ1v) is 15.6. The third kappa shape index (κ3) is 7.48. The number of nitrogens with one attached hydrogen (secondary N) is 1. The SMILES string of the molecule is C[C@@H](C(=O)NC1CCCCC1)N(Cc1ccc(F)cc1)C(=O)CN(c1ccc(Br)cc1)S(=O)(=O)c1ccccc1. The molecule has 10 heteroatoms. The molecule has 1 N–H and O–H groups in total. The minimum Gasteiger partial charge on any atom is -0.352 e. The van der Waals surface area contributed by atoms with Crippen LogP contribution >= 0.6 is 15.9 Å². The molecular weight excluding hydrogens is 597 g/mol. The fraction of sp³-hybridized carbons (Fsp3) is 0.333. The molecule has 2 amide bonds. The summed E-state index contributed by atoms with van der Waals surface area (Å²) in [5.74, 6) is -1.28. The molecule has 0 radical (unpaired) electrons. The number of nitrogens with zero attached hydrogens (tertiary/aromatic N) is 2. The molecule has 1 aliphatic carbocycles. The van der Waals surface area contributed by atoms with Crippen LogP contribution in [-0.4, -0.2) is 43.8 Å². The highest BCUT2D eigenvalue weighted by molar-refractivity contribution is 9.10. The lowest BCUT2D eigenvalue weighted by molar-refractivity contribution is -0.139. The number of anilines is 1. The van der Waals surface area contributed by atoms with E-state index in [0.717, 1.165) is 40.9 Å². The molecule has 0 heterocycles. The number of amides is 2. The molecule has 1 fully saturated rings. The van der Waals surface area contributed by atoms with Crippen molar-refractivity contribution in [3.63, 3.8) is 0 Å². The molecule has 0 aromatic heterocycles. The van der Waals surface area contributed by atoms with Crippen LogP contribution in [0.4, 0.5) is 10.1 Å². The van der Waals surface area contributed by atoms with Crippen molar-refractivity contribution in [2.75, 3.05) is 10.8 Å². The lowest BCUT2D eigenvalue weighted by Crippen LogP contribution is -2.53. The van der Waals surface area contributed by atoms with E-state index in [4.69, 9.17) is 0 Å². The zero-order chi connectivity index (χ0) is 28.7. The Morgan fingerprint density at radius 2 is 1.57 bits per heavy atom. The van der Waals surface area contributed by atoms with Crippen LogP contribution in [0.2, 0.25) is 0 Å². The third-order valence-electron chi connectivity index (χ3n) is 7.11. The summed E-state index contributed by atoms with van der Waals surface area (Å²) < 4.78 is 42.9. The van der Waals surface area contributed by atoms with Crippen molar-refractivity contribution < 1.29 is 22.4 Å². The van der Waals surface area contributed by atoms with E-state index >= 15 is 0 Å². The summed E-state index contributed by atoms with van der Waals surface area (Å²) in [6.07, 6.45) is 4.99. The van der Waals surface area contributed by atoms with Gasteiger partial charge < -0.3 is 10.2 Å². The lowest BCUT2D eigenvalue weighted by atomic mass is 9.95. The Morgan fingerprint density at radius 1 is 0.950 bits per heavy atom. The highest BCUT2D eigenvalue weighted by Crippen LogP contribution is 2.26. The van der Waals surface area contributed by atoms with Gasteiger partial charge in [-0.1, -0.05) is 65.5 Å². The van der Waals surface area contributed by atoms with Crippen molar-refractivity contribution in [1.29, 1.82) is 0 Å². The van der Waals surface area contributed by atoms with E-state index in [1.54, 1.807) is 61.5 Å². The second-order valence-electron chi connectivity index (χ2n) is 9.97. The molecule has 0 saturated heterocycles. The number of carbonyl (C=O) groups is 2. The topological polar surface area (TPSA) is 86.8 Å². The maximum Gasteiger partial charge on any atom is 0.264 e. The maximum atomic E-state index is 13.9. The van der Waals surface area contributed by atoms with Gasteiger partial charge in [-0.25, -0.2) is 12.8 Å². The largest absolute Gasteiger partial charge is 0.352 e. The monoisotopic (exact) mass is 629 g/mol. The third-order valence-corrected chi connectivity index (χ3v) is 9.43. The normalized spacial score (nSPS) is 14.8. The number of halogens is 2. The standard InChI is InChI=1S/C30H33BrFN3O4S/c1-22(30(37)33-26-8-4-2-5-9-26)34(20-23-12-16-25(32)17-13-23)29(36)21-35(27-18-14-24(31)15-19-27)40(38,39)28-10-6-3-7-11-28/h3,6-7,10-19,22,26H,2,4-5,8-9,20-21H2,1H3,(H,33,37)/t22-/m0/s1. The van der Waals surface area contributed by atoms with Gasteiger partial charge >= 0.3 is 0 Å². The minimum atomic E-state index is -4.12. The predicted octanol–water partition coefficient (Wildman–Crippen LogP) is 5.65. The summed E-state index contributed by atoms with van der Waals surface area (Å²) in [6, 6.07) is 19.4. The fourth-order valence-electron chi connectivity index (χ4n) is 4.79. The molecule has 0 spiro atoms. The van der Waals surface area contributed by atoms with E-state index in [2.05, 4.69) is 21.2 Å². The zero-order valence-electron chi connectivity index (χ0n) is 22.3. The van der Waals surface area contributed by atoms with E-state index in [-0.39, 0.29) is 23.4 Å². The van der Waals surface area contributed by atoms with Crippen molar-refractivity contribution in [2.45, 2.75) is 62.6 Å². The molecule has 1 aliphatic rings. The van der Waals surface area contributed by atoms with Gasteiger partial charge in [-0.3, -0.25) is 13.9 Å². The van der Waals surface area contributed by atoms with Crippen molar-refractivity contribution in [3.8, 4) is 0 Å². The molecule has 1 atom stereocenters. The highest BCUT2D eigenvalue weighted by Gasteiger charge is 2.33. The van der Waals surface area contributed by atoms with Gasteiger partial charge in [-0.15, -0.1) is 0 Å². The van der Waals surface area contributed by atoms with Gasteiger partial charge in [0.15, 0.2) is 0 Å². The molecule has 1 saturated carbocycles. The summed E-state index contributed by atoms with van der Waals surface area (Å²) in [6.45, 7) is 1.12. The highest BCUT2D eigenvalue weighted by atomic mass is 79.9. The quantitative estimate of drug-likeness (QED) is 0.314. The number of sulfonamides is 1. The van der Waals surface area contributed by atoms with Crippen molar-refractivity contribution >= 4 is 43.5 Å². The van der Waals surface area contributed by atoms with Crippen LogP contribution in [0, 0.1) is 5.82 Å². The van der Waals surface area contributed by atoms with E-state index in [9.17, 15) is 22.4 Å². The molecule has 7 nitrogen and oxygen atoms in total. The van der Waals surface area contributed by atoms with Gasteiger partial charge in [-0.05, 0) is 73.9 Å². The summed E-state index contributed by atoms with van der Waals surface area (Å²) >= 11 is 3.37. The van der Waals surface area contributed by atoms with Gasteiger partial charge in [-0.2, -0.15) is 0 Å². The van der Waals surface area contributed by atoms with Crippen LogP contribution in [0.15, 0.2) is 88.2 Å². The summed E-state index contributed by atoms with van der Waals surface area (Å²) in [5, 5.41) is 3.07. The zero-order valence-corrected chi connectivity index (χ0v) is 24.7. The van der Waals surface area contributed by atoms with Crippen molar-refractivity contribution in [1.82, 2.24) is 10.2 Å². The number of hydrogen-bond acceptors (Lipinski definition) is 4. The molecule has 212 valence electrons. The minimum absolute atomic E-state index is 0.0118. The Balaban J connectivity index is 1.65. The Bertz CT molecular complexity index is 1400. The van der Waals surface area contributed by atoms with Gasteiger partial charge in [0.05, 0.1) is 10.6 Å². The molecule has 0 bridgehead atoms. The van der Waals surface area contributed by atoms with E-state index in [0.29, 0.717) is 11.3 Å². The van der Waals surface area contributed by atoms with Gasteiger partial charge in [0.2, 0.25) is 11.8 Å². The lowest BCUT2D eigenvalue weighted by Gasteiger charge is -2.33. The van der Waals surface area contributed by atoms with Crippen LogP contribution in [0.3, 0.4) is 0 Å². The second kappa shape index (κ2) is 13.4. The Kier molecular flexibility index (Phi) is 9.97. The molecule has 4 rings (SSSR count).